The number of hydrogen-bond acceptors (Lipinski definition) is 5. The second kappa shape index (κ2) is 6.42. The Balaban J connectivity index is 2.24. The maximum Gasteiger partial charge on any atom is 0.359 e. The highest BCUT2D eigenvalue weighted by Crippen LogP contribution is 2.10. The van der Waals surface area contributed by atoms with Crippen LogP contribution >= 0.6 is 0 Å². The standard InChI is InChI=1S/C14H13N3O3/c1-2-20-14(19)12-11(15-8-9-16-12)13(18)17-10-6-4-3-5-7-10/h3-9H,2H2,1H3,(H,17,18). The van der Waals surface area contributed by atoms with E-state index in [-0.39, 0.29) is 18.0 Å². The number of carbonyl (C=O) groups excluding carboxylic acids is 2. The molecule has 2 rings (SSSR count). The lowest BCUT2D eigenvalue weighted by atomic mass is 10.2. The quantitative estimate of drug-likeness (QED) is 0.859. The first-order valence-corrected chi connectivity index (χ1v) is 6.07. The summed E-state index contributed by atoms with van der Waals surface area (Å²) in [5, 5.41) is 2.65. The number of nitrogens with one attached hydrogen (secondary N) is 1. The Hall–Kier alpha value is -2.76. The molecule has 0 atom stereocenters. The van der Waals surface area contributed by atoms with E-state index in [1.165, 1.54) is 12.4 Å². The Bertz CT molecular complexity index is 614. The third-order valence-electron chi connectivity index (χ3n) is 2.41. The molecular weight excluding hydrogens is 258 g/mol. The smallest absolute Gasteiger partial charge is 0.359 e. The van der Waals surface area contributed by atoms with Crippen molar-refractivity contribution < 1.29 is 14.3 Å². The van der Waals surface area contributed by atoms with Crippen molar-refractivity contribution in [1.82, 2.24) is 9.97 Å². The number of esters is 1. The Morgan fingerprint density at radius 1 is 1.10 bits per heavy atom. The van der Waals surface area contributed by atoms with Crippen LogP contribution in [0.3, 0.4) is 0 Å². The van der Waals surface area contributed by atoms with Gasteiger partial charge in [-0.1, -0.05) is 18.2 Å². The average Bonchev–Trinajstić information content (AvgIpc) is 2.48. The van der Waals surface area contributed by atoms with Gasteiger partial charge in [-0.05, 0) is 19.1 Å². The number of anilines is 1. The molecule has 0 aliphatic rings. The van der Waals surface area contributed by atoms with Crippen LogP contribution in [0.1, 0.15) is 27.9 Å². The van der Waals surface area contributed by atoms with E-state index in [9.17, 15) is 9.59 Å². The molecule has 1 aromatic heterocycles. The van der Waals surface area contributed by atoms with Gasteiger partial charge in [-0.2, -0.15) is 0 Å². The summed E-state index contributed by atoms with van der Waals surface area (Å²) < 4.78 is 4.85. The van der Waals surface area contributed by atoms with Crippen molar-refractivity contribution in [3.8, 4) is 0 Å². The van der Waals surface area contributed by atoms with Crippen molar-refractivity contribution >= 4 is 17.6 Å². The zero-order valence-corrected chi connectivity index (χ0v) is 10.9. The van der Waals surface area contributed by atoms with E-state index in [1.54, 1.807) is 31.2 Å². The Labute approximate surface area is 115 Å². The fourth-order valence-corrected chi connectivity index (χ4v) is 1.56. The number of para-hydroxylation sites is 1. The molecular formula is C14H13N3O3. The number of hydrogen-bond donors (Lipinski definition) is 1. The fourth-order valence-electron chi connectivity index (χ4n) is 1.56. The molecule has 0 fully saturated rings. The van der Waals surface area contributed by atoms with Crippen LogP contribution in [0.25, 0.3) is 0 Å². The van der Waals surface area contributed by atoms with Gasteiger partial charge >= 0.3 is 5.97 Å². The molecule has 0 radical (unpaired) electrons. The maximum absolute atomic E-state index is 12.1. The van der Waals surface area contributed by atoms with E-state index in [0.29, 0.717) is 5.69 Å². The van der Waals surface area contributed by atoms with Gasteiger partial charge in [-0.3, -0.25) is 4.79 Å². The van der Waals surface area contributed by atoms with Crippen molar-refractivity contribution in [3.05, 3.63) is 54.1 Å². The van der Waals surface area contributed by atoms with Gasteiger partial charge in [0, 0.05) is 18.1 Å². The molecule has 0 saturated carbocycles. The van der Waals surface area contributed by atoms with Crippen LogP contribution < -0.4 is 5.32 Å². The third-order valence-corrected chi connectivity index (χ3v) is 2.41. The molecule has 20 heavy (non-hydrogen) atoms. The summed E-state index contributed by atoms with van der Waals surface area (Å²) in [7, 11) is 0. The van der Waals surface area contributed by atoms with E-state index in [0.717, 1.165) is 0 Å². The van der Waals surface area contributed by atoms with Gasteiger partial charge in [0.2, 0.25) is 0 Å². The Morgan fingerprint density at radius 3 is 2.40 bits per heavy atom. The molecule has 0 unspecified atom stereocenters. The number of carbonyl (C=O) groups is 2. The first-order valence-electron chi connectivity index (χ1n) is 6.07. The third kappa shape index (κ3) is 3.17. The zero-order chi connectivity index (χ0) is 14.4. The lowest BCUT2D eigenvalue weighted by molar-refractivity contribution is 0.0515. The molecule has 0 aliphatic heterocycles. The van der Waals surface area contributed by atoms with Crippen LogP contribution in [0.2, 0.25) is 0 Å². The van der Waals surface area contributed by atoms with Gasteiger partial charge in [0.15, 0.2) is 11.4 Å². The molecule has 0 spiro atoms. The summed E-state index contributed by atoms with van der Waals surface area (Å²) >= 11 is 0. The van der Waals surface area contributed by atoms with Gasteiger partial charge in [-0.25, -0.2) is 14.8 Å². The van der Waals surface area contributed by atoms with Gasteiger partial charge in [-0.15, -0.1) is 0 Å². The summed E-state index contributed by atoms with van der Waals surface area (Å²) in [6.45, 7) is 1.88. The summed E-state index contributed by atoms with van der Waals surface area (Å²) in [5.74, 6) is -1.17. The fraction of sp³-hybridized carbons (Fsp3) is 0.143. The minimum atomic E-state index is -0.668. The first-order chi connectivity index (χ1) is 9.72. The van der Waals surface area contributed by atoms with E-state index < -0.39 is 11.9 Å². The maximum atomic E-state index is 12.1. The molecule has 0 aliphatic carbocycles. The molecule has 6 heteroatoms. The summed E-state index contributed by atoms with van der Waals surface area (Å²) in [4.78, 5) is 31.6. The predicted octanol–water partition coefficient (Wildman–Crippen LogP) is 1.91. The second-order valence-corrected chi connectivity index (χ2v) is 3.79. The number of amides is 1. The van der Waals surface area contributed by atoms with Crippen LogP contribution in [0.4, 0.5) is 5.69 Å². The Morgan fingerprint density at radius 2 is 1.75 bits per heavy atom. The second-order valence-electron chi connectivity index (χ2n) is 3.79. The number of rotatable bonds is 4. The highest BCUT2D eigenvalue weighted by atomic mass is 16.5. The average molecular weight is 271 g/mol. The van der Waals surface area contributed by atoms with E-state index >= 15 is 0 Å². The van der Waals surface area contributed by atoms with Crippen molar-refractivity contribution in [2.24, 2.45) is 0 Å². The topological polar surface area (TPSA) is 81.2 Å². The molecule has 2 aromatic rings. The lowest BCUT2D eigenvalue weighted by Crippen LogP contribution is -2.20. The van der Waals surface area contributed by atoms with Gasteiger partial charge < -0.3 is 10.1 Å². The summed E-state index contributed by atoms with van der Waals surface area (Å²) in [6, 6.07) is 8.88. The molecule has 0 saturated heterocycles. The molecule has 102 valence electrons. The summed E-state index contributed by atoms with van der Waals surface area (Å²) in [5.41, 5.74) is 0.454. The highest BCUT2D eigenvalue weighted by molar-refractivity contribution is 6.08. The molecule has 6 nitrogen and oxygen atoms in total. The first kappa shape index (κ1) is 13.7. The minimum Gasteiger partial charge on any atom is -0.461 e. The molecule has 1 aromatic carbocycles. The molecule has 0 bridgehead atoms. The molecule has 1 N–H and O–H groups in total. The molecule has 1 heterocycles. The van der Waals surface area contributed by atoms with Crippen LogP contribution in [-0.2, 0) is 4.74 Å². The van der Waals surface area contributed by atoms with E-state index in [2.05, 4.69) is 15.3 Å². The minimum absolute atomic E-state index is 0.0604. The van der Waals surface area contributed by atoms with Crippen molar-refractivity contribution in [2.45, 2.75) is 6.92 Å². The number of aromatic nitrogens is 2. The van der Waals surface area contributed by atoms with Crippen LogP contribution in [0.15, 0.2) is 42.7 Å². The van der Waals surface area contributed by atoms with Crippen LogP contribution in [0, 0.1) is 0 Å². The number of benzene rings is 1. The predicted molar refractivity (Wildman–Crippen MR) is 72.4 cm³/mol. The van der Waals surface area contributed by atoms with Gasteiger partial charge in [0.25, 0.3) is 5.91 Å². The highest BCUT2D eigenvalue weighted by Gasteiger charge is 2.20. The van der Waals surface area contributed by atoms with E-state index in [1.807, 2.05) is 6.07 Å². The lowest BCUT2D eigenvalue weighted by Gasteiger charge is -2.07. The summed E-state index contributed by atoms with van der Waals surface area (Å²) in [6.07, 6.45) is 2.69. The largest absolute Gasteiger partial charge is 0.461 e. The number of nitrogens with zero attached hydrogens (tertiary/aromatic N) is 2. The zero-order valence-electron chi connectivity index (χ0n) is 10.9. The van der Waals surface area contributed by atoms with Crippen LogP contribution in [0.5, 0.6) is 0 Å². The van der Waals surface area contributed by atoms with Crippen molar-refractivity contribution in [2.75, 3.05) is 11.9 Å². The molecule has 1 amide bonds. The Kier molecular flexibility index (Phi) is 4.39. The van der Waals surface area contributed by atoms with E-state index in [4.69, 9.17) is 4.74 Å². The van der Waals surface area contributed by atoms with Gasteiger partial charge in [0.1, 0.15) is 0 Å². The van der Waals surface area contributed by atoms with Crippen molar-refractivity contribution in [3.63, 3.8) is 0 Å². The SMILES string of the molecule is CCOC(=O)c1nccnc1C(=O)Nc1ccccc1. The van der Waals surface area contributed by atoms with Crippen LogP contribution in [-0.4, -0.2) is 28.5 Å². The monoisotopic (exact) mass is 271 g/mol. The normalized spacial score (nSPS) is 9.85. The van der Waals surface area contributed by atoms with Gasteiger partial charge in [0.05, 0.1) is 6.61 Å². The van der Waals surface area contributed by atoms with Crippen molar-refractivity contribution in [1.29, 1.82) is 0 Å². The number of ether oxygens (including phenoxy) is 1.